The molecule has 82 valence electrons. The first-order valence-corrected chi connectivity index (χ1v) is 5.73. The van der Waals surface area contributed by atoms with E-state index in [1.165, 1.54) is 32.4 Å². The van der Waals surface area contributed by atoms with E-state index in [-0.39, 0.29) is 0 Å². The number of hydrogen-bond acceptors (Lipinski definition) is 3. The molecule has 3 heteroatoms. The number of rotatable bonds is 2. The van der Waals surface area contributed by atoms with Crippen molar-refractivity contribution in [1.29, 1.82) is 0 Å². The fourth-order valence-electron chi connectivity index (χ4n) is 3.09. The summed E-state index contributed by atoms with van der Waals surface area (Å²) in [5, 5.41) is 0. The largest absolute Gasteiger partial charge is 0.381 e. The lowest BCUT2D eigenvalue weighted by molar-refractivity contribution is 0.0166. The highest BCUT2D eigenvalue weighted by Crippen LogP contribution is 2.41. The summed E-state index contributed by atoms with van der Waals surface area (Å²) in [4.78, 5) is 2.42. The highest BCUT2D eigenvalue weighted by molar-refractivity contribution is 4.95. The van der Waals surface area contributed by atoms with Crippen molar-refractivity contribution in [2.45, 2.75) is 19.3 Å². The Labute approximate surface area is 86.6 Å². The van der Waals surface area contributed by atoms with Crippen LogP contribution in [0.4, 0.5) is 0 Å². The summed E-state index contributed by atoms with van der Waals surface area (Å²) in [6.07, 6.45) is 3.71. The van der Waals surface area contributed by atoms with E-state index in [0.717, 1.165) is 25.7 Å². The topological polar surface area (TPSA) is 38.5 Å². The number of ether oxygens (including phenoxy) is 1. The molecule has 1 atom stereocenters. The van der Waals surface area contributed by atoms with Gasteiger partial charge >= 0.3 is 0 Å². The van der Waals surface area contributed by atoms with Gasteiger partial charge in [-0.3, -0.25) is 0 Å². The average Bonchev–Trinajstić information content (AvgIpc) is 2.63. The highest BCUT2D eigenvalue weighted by Gasteiger charge is 2.42. The fourth-order valence-corrected chi connectivity index (χ4v) is 3.09. The van der Waals surface area contributed by atoms with Crippen molar-refractivity contribution >= 4 is 0 Å². The third kappa shape index (κ3) is 1.81. The highest BCUT2D eigenvalue weighted by atomic mass is 16.5. The molecule has 2 fully saturated rings. The van der Waals surface area contributed by atoms with Gasteiger partial charge in [0.05, 0.1) is 0 Å². The minimum atomic E-state index is 0.401. The van der Waals surface area contributed by atoms with Crippen molar-refractivity contribution in [2.75, 3.05) is 39.9 Å². The van der Waals surface area contributed by atoms with Gasteiger partial charge < -0.3 is 15.4 Å². The zero-order valence-corrected chi connectivity index (χ0v) is 9.17. The Kier molecular flexibility index (Phi) is 3.10. The standard InChI is InChI=1S/C11H22N2O/c1-13-5-4-11(8-12,9-13)10-2-6-14-7-3-10/h10H,2-9,12H2,1H3. The predicted molar refractivity (Wildman–Crippen MR) is 57.1 cm³/mol. The van der Waals surface area contributed by atoms with Crippen LogP contribution in [0.15, 0.2) is 0 Å². The Morgan fingerprint density at radius 3 is 2.64 bits per heavy atom. The van der Waals surface area contributed by atoms with Gasteiger partial charge in [-0.05, 0) is 50.7 Å². The average molecular weight is 198 g/mol. The van der Waals surface area contributed by atoms with Gasteiger partial charge in [-0.1, -0.05) is 0 Å². The second-order valence-electron chi connectivity index (χ2n) is 4.94. The summed E-state index contributed by atoms with van der Waals surface area (Å²) < 4.78 is 5.42. The van der Waals surface area contributed by atoms with Crippen LogP contribution in [-0.2, 0) is 4.74 Å². The predicted octanol–water partition coefficient (Wildman–Crippen LogP) is 0.694. The van der Waals surface area contributed by atoms with Gasteiger partial charge in [0.1, 0.15) is 0 Å². The van der Waals surface area contributed by atoms with Gasteiger partial charge in [-0.2, -0.15) is 0 Å². The van der Waals surface area contributed by atoms with E-state index < -0.39 is 0 Å². The summed E-state index contributed by atoms with van der Waals surface area (Å²) >= 11 is 0. The number of hydrogen-bond donors (Lipinski definition) is 1. The molecule has 0 radical (unpaired) electrons. The molecule has 0 saturated carbocycles. The molecule has 2 aliphatic heterocycles. The zero-order valence-electron chi connectivity index (χ0n) is 9.17. The Morgan fingerprint density at radius 1 is 1.43 bits per heavy atom. The van der Waals surface area contributed by atoms with E-state index in [4.69, 9.17) is 10.5 Å². The van der Waals surface area contributed by atoms with Crippen LogP contribution in [0.5, 0.6) is 0 Å². The van der Waals surface area contributed by atoms with E-state index in [9.17, 15) is 0 Å². The lowest BCUT2D eigenvalue weighted by Gasteiger charge is -2.38. The fraction of sp³-hybridized carbons (Fsp3) is 1.00. The maximum absolute atomic E-state index is 5.99. The molecule has 0 aromatic rings. The maximum Gasteiger partial charge on any atom is 0.0468 e. The molecule has 2 rings (SSSR count). The number of nitrogens with zero attached hydrogens (tertiary/aromatic N) is 1. The van der Waals surface area contributed by atoms with Gasteiger partial charge in [0.15, 0.2) is 0 Å². The molecule has 0 spiro atoms. The van der Waals surface area contributed by atoms with Crippen molar-refractivity contribution in [3.8, 4) is 0 Å². The Hall–Kier alpha value is -0.120. The minimum absolute atomic E-state index is 0.401. The summed E-state index contributed by atoms with van der Waals surface area (Å²) in [6.45, 7) is 5.14. The quantitative estimate of drug-likeness (QED) is 0.709. The van der Waals surface area contributed by atoms with Gasteiger partial charge in [0.2, 0.25) is 0 Å². The Balaban J connectivity index is 2.03. The molecule has 2 N–H and O–H groups in total. The first-order valence-electron chi connectivity index (χ1n) is 5.73. The third-order valence-electron chi connectivity index (χ3n) is 4.07. The van der Waals surface area contributed by atoms with Crippen LogP contribution in [0.25, 0.3) is 0 Å². The van der Waals surface area contributed by atoms with Crippen LogP contribution in [0.1, 0.15) is 19.3 Å². The van der Waals surface area contributed by atoms with Crippen LogP contribution in [0, 0.1) is 11.3 Å². The van der Waals surface area contributed by atoms with E-state index in [0.29, 0.717) is 5.41 Å². The van der Waals surface area contributed by atoms with Crippen molar-refractivity contribution in [3.05, 3.63) is 0 Å². The Bertz CT molecular complexity index is 192. The summed E-state index contributed by atoms with van der Waals surface area (Å²) in [7, 11) is 2.21. The molecule has 2 heterocycles. The van der Waals surface area contributed by atoms with E-state index in [1.54, 1.807) is 0 Å². The van der Waals surface area contributed by atoms with E-state index in [1.807, 2.05) is 0 Å². The molecule has 0 bridgehead atoms. The second kappa shape index (κ2) is 4.17. The Morgan fingerprint density at radius 2 is 2.14 bits per heavy atom. The van der Waals surface area contributed by atoms with Crippen LogP contribution in [0.3, 0.4) is 0 Å². The van der Waals surface area contributed by atoms with Crippen molar-refractivity contribution in [2.24, 2.45) is 17.1 Å². The zero-order chi connectivity index (χ0) is 10.0. The molecule has 14 heavy (non-hydrogen) atoms. The monoisotopic (exact) mass is 198 g/mol. The minimum Gasteiger partial charge on any atom is -0.381 e. The van der Waals surface area contributed by atoms with Crippen molar-refractivity contribution in [1.82, 2.24) is 4.90 Å². The molecule has 0 aromatic heterocycles. The first-order chi connectivity index (χ1) is 6.77. The molecule has 0 aliphatic carbocycles. The normalized spacial score (nSPS) is 36.4. The van der Waals surface area contributed by atoms with Crippen molar-refractivity contribution < 1.29 is 4.74 Å². The lowest BCUT2D eigenvalue weighted by atomic mass is 9.71. The SMILES string of the molecule is CN1CCC(CN)(C2CCOCC2)C1. The van der Waals surface area contributed by atoms with Gasteiger partial charge in [-0.25, -0.2) is 0 Å². The van der Waals surface area contributed by atoms with E-state index >= 15 is 0 Å². The van der Waals surface area contributed by atoms with Gasteiger partial charge in [-0.15, -0.1) is 0 Å². The first kappa shape index (κ1) is 10.4. The van der Waals surface area contributed by atoms with Gasteiger partial charge in [0, 0.05) is 19.8 Å². The molecule has 2 saturated heterocycles. The third-order valence-corrected chi connectivity index (χ3v) is 4.07. The number of likely N-dealkylation sites (tertiary alicyclic amines) is 1. The smallest absolute Gasteiger partial charge is 0.0468 e. The number of nitrogens with two attached hydrogens (primary N) is 1. The molecule has 0 aromatic carbocycles. The molecule has 0 amide bonds. The maximum atomic E-state index is 5.99. The van der Waals surface area contributed by atoms with Gasteiger partial charge in [0.25, 0.3) is 0 Å². The van der Waals surface area contributed by atoms with Crippen molar-refractivity contribution in [3.63, 3.8) is 0 Å². The van der Waals surface area contributed by atoms with Crippen LogP contribution in [-0.4, -0.2) is 44.8 Å². The van der Waals surface area contributed by atoms with E-state index in [2.05, 4.69) is 11.9 Å². The lowest BCUT2D eigenvalue weighted by Crippen LogP contribution is -2.42. The van der Waals surface area contributed by atoms with Crippen LogP contribution < -0.4 is 5.73 Å². The second-order valence-corrected chi connectivity index (χ2v) is 4.94. The van der Waals surface area contributed by atoms with Crippen LogP contribution in [0.2, 0.25) is 0 Å². The molecular formula is C11H22N2O. The van der Waals surface area contributed by atoms with Crippen LogP contribution >= 0.6 is 0 Å². The summed E-state index contributed by atoms with van der Waals surface area (Å²) in [6, 6.07) is 0. The summed E-state index contributed by atoms with van der Waals surface area (Å²) in [5.41, 5.74) is 6.40. The molecule has 2 aliphatic rings. The molecular weight excluding hydrogens is 176 g/mol. The molecule has 3 nitrogen and oxygen atoms in total. The molecule has 1 unspecified atom stereocenters. The summed E-state index contributed by atoms with van der Waals surface area (Å²) in [5.74, 6) is 0.797.